The topological polar surface area (TPSA) is 59.3 Å². The second-order valence-electron chi connectivity index (χ2n) is 4.71. The van der Waals surface area contributed by atoms with Crippen LogP contribution in [0.25, 0.3) is 0 Å². The van der Waals surface area contributed by atoms with E-state index in [2.05, 4.69) is 23.5 Å². The number of rotatable bonds is 6. The lowest BCUT2D eigenvalue weighted by molar-refractivity contribution is 0.373. The quantitative estimate of drug-likeness (QED) is 0.861. The molecule has 0 fully saturated rings. The molecule has 5 nitrogen and oxygen atoms in total. The normalized spacial score (nSPS) is 10.2. The Bertz CT molecular complexity index is 584. The third-order valence-electron chi connectivity index (χ3n) is 3.26. The molecule has 0 saturated heterocycles. The van der Waals surface area contributed by atoms with Crippen LogP contribution >= 0.6 is 12.4 Å². The second-order valence-corrected chi connectivity index (χ2v) is 4.71. The van der Waals surface area contributed by atoms with Gasteiger partial charge < -0.3 is 15.2 Å². The maximum absolute atomic E-state index is 9.55. The van der Waals surface area contributed by atoms with Crippen molar-refractivity contribution in [2.45, 2.75) is 33.5 Å². The highest BCUT2D eigenvalue weighted by Crippen LogP contribution is 2.26. The number of hydrogen-bond acceptors (Lipinski definition) is 4. The highest BCUT2D eigenvalue weighted by Gasteiger charge is 2.05. The van der Waals surface area contributed by atoms with Crippen molar-refractivity contribution in [2.75, 3.05) is 7.11 Å². The van der Waals surface area contributed by atoms with Gasteiger partial charge in [-0.2, -0.15) is 5.10 Å². The molecule has 21 heavy (non-hydrogen) atoms. The summed E-state index contributed by atoms with van der Waals surface area (Å²) in [6, 6.07) is 5.37. The lowest BCUT2D eigenvalue weighted by atomic mass is 10.2. The van der Waals surface area contributed by atoms with Crippen molar-refractivity contribution < 1.29 is 9.84 Å². The van der Waals surface area contributed by atoms with Crippen LogP contribution < -0.4 is 10.1 Å². The smallest absolute Gasteiger partial charge is 0.160 e. The average Bonchev–Trinajstić information content (AvgIpc) is 2.81. The maximum Gasteiger partial charge on any atom is 0.160 e. The molecule has 2 aromatic rings. The summed E-state index contributed by atoms with van der Waals surface area (Å²) in [6.45, 7) is 6.47. The predicted octanol–water partition coefficient (Wildman–Crippen LogP) is 2.64. The Kier molecular flexibility index (Phi) is 6.52. The Morgan fingerprint density at radius 3 is 2.71 bits per heavy atom. The summed E-state index contributed by atoms with van der Waals surface area (Å²) in [5.74, 6) is 0.663. The molecule has 1 heterocycles. The van der Waals surface area contributed by atoms with Gasteiger partial charge in [0.05, 0.1) is 12.8 Å². The van der Waals surface area contributed by atoms with Gasteiger partial charge in [-0.3, -0.25) is 4.68 Å². The monoisotopic (exact) mass is 311 g/mol. The van der Waals surface area contributed by atoms with E-state index in [1.165, 1.54) is 5.56 Å². The van der Waals surface area contributed by atoms with Gasteiger partial charge in [-0.1, -0.05) is 6.07 Å². The Morgan fingerprint density at radius 1 is 1.33 bits per heavy atom. The predicted molar refractivity (Wildman–Crippen MR) is 85.1 cm³/mol. The molecule has 0 aliphatic carbocycles. The summed E-state index contributed by atoms with van der Waals surface area (Å²) < 4.78 is 7.04. The Hall–Kier alpha value is -1.72. The molecule has 116 valence electrons. The van der Waals surface area contributed by atoms with Gasteiger partial charge in [0.1, 0.15) is 0 Å². The van der Waals surface area contributed by atoms with Crippen LogP contribution in [0.1, 0.15) is 23.7 Å². The maximum atomic E-state index is 9.55. The number of hydrogen-bond donors (Lipinski definition) is 2. The molecule has 1 aromatic carbocycles. The number of phenols is 1. The molecule has 0 aliphatic heterocycles. The van der Waals surface area contributed by atoms with Gasteiger partial charge in [-0.25, -0.2) is 0 Å². The van der Waals surface area contributed by atoms with Crippen molar-refractivity contribution in [1.29, 1.82) is 0 Å². The van der Waals surface area contributed by atoms with Gasteiger partial charge in [0.15, 0.2) is 11.5 Å². The largest absolute Gasteiger partial charge is 0.504 e. The third-order valence-corrected chi connectivity index (χ3v) is 3.26. The number of methoxy groups -OCH3 is 1. The van der Waals surface area contributed by atoms with Gasteiger partial charge in [0, 0.05) is 31.4 Å². The molecule has 0 radical (unpaired) electrons. The van der Waals surface area contributed by atoms with E-state index in [4.69, 9.17) is 4.74 Å². The van der Waals surface area contributed by atoms with Crippen LogP contribution in [0.2, 0.25) is 0 Å². The highest BCUT2D eigenvalue weighted by molar-refractivity contribution is 5.85. The number of aromatic nitrogens is 2. The summed E-state index contributed by atoms with van der Waals surface area (Å²) >= 11 is 0. The number of nitrogens with zero attached hydrogens (tertiary/aromatic N) is 2. The Balaban J connectivity index is 0.00000220. The fraction of sp³-hybridized carbons (Fsp3) is 0.400. The highest BCUT2D eigenvalue weighted by atomic mass is 35.5. The first-order valence-electron chi connectivity index (χ1n) is 6.73. The first-order valence-corrected chi connectivity index (χ1v) is 6.73. The van der Waals surface area contributed by atoms with Crippen molar-refractivity contribution in [3.63, 3.8) is 0 Å². The number of phenolic OH excluding ortho intramolecular Hbond substituents is 1. The van der Waals surface area contributed by atoms with Gasteiger partial charge in [-0.15, -0.1) is 12.4 Å². The van der Waals surface area contributed by atoms with E-state index in [0.717, 1.165) is 24.3 Å². The molecule has 2 N–H and O–H groups in total. The summed E-state index contributed by atoms with van der Waals surface area (Å²) in [7, 11) is 1.55. The van der Waals surface area contributed by atoms with Crippen LogP contribution in [0.15, 0.2) is 24.4 Å². The zero-order valence-corrected chi connectivity index (χ0v) is 13.4. The van der Waals surface area contributed by atoms with E-state index in [9.17, 15) is 5.11 Å². The molecular formula is C15H22ClN3O2. The van der Waals surface area contributed by atoms with Crippen LogP contribution in [0.4, 0.5) is 0 Å². The standard InChI is InChI=1S/C15H21N3O2.ClH/c1-4-18-10-13(11(2)17-18)9-16-8-12-5-6-14(19)15(7-12)20-3;/h5-7,10,16,19H,4,8-9H2,1-3H3;1H. The molecule has 0 amide bonds. The van der Waals surface area contributed by atoms with E-state index in [-0.39, 0.29) is 18.2 Å². The number of nitrogens with one attached hydrogen (secondary N) is 1. The number of aryl methyl sites for hydroxylation is 2. The minimum atomic E-state index is 0. The fourth-order valence-electron chi connectivity index (χ4n) is 2.07. The lowest BCUT2D eigenvalue weighted by Crippen LogP contribution is -2.13. The van der Waals surface area contributed by atoms with Crippen LogP contribution in [0, 0.1) is 6.92 Å². The van der Waals surface area contributed by atoms with E-state index < -0.39 is 0 Å². The summed E-state index contributed by atoms with van der Waals surface area (Å²) in [6.07, 6.45) is 2.07. The van der Waals surface area contributed by atoms with Crippen LogP contribution in [0.3, 0.4) is 0 Å². The van der Waals surface area contributed by atoms with E-state index in [1.807, 2.05) is 23.7 Å². The minimum Gasteiger partial charge on any atom is -0.504 e. The first-order chi connectivity index (χ1) is 9.63. The zero-order chi connectivity index (χ0) is 14.5. The van der Waals surface area contributed by atoms with E-state index >= 15 is 0 Å². The molecule has 6 heteroatoms. The molecule has 0 spiro atoms. The number of halogens is 1. The van der Waals surface area contributed by atoms with Gasteiger partial charge in [-0.05, 0) is 31.5 Å². The van der Waals surface area contributed by atoms with E-state index in [1.54, 1.807) is 13.2 Å². The van der Waals surface area contributed by atoms with Crippen molar-refractivity contribution in [3.05, 3.63) is 41.2 Å². The second kappa shape index (κ2) is 7.90. The summed E-state index contributed by atoms with van der Waals surface area (Å²) in [5.41, 5.74) is 3.33. The molecular weight excluding hydrogens is 290 g/mol. The zero-order valence-electron chi connectivity index (χ0n) is 12.6. The summed E-state index contributed by atoms with van der Waals surface area (Å²) in [5, 5.41) is 17.3. The number of benzene rings is 1. The average molecular weight is 312 g/mol. The number of aromatic hydroxyl groups is 1. The van der Waals surface area contributed by atoms with E-state index in [0.29, 0.717) is 12.3 Å². The SMILES string of the molecule is CCn1cc(CNCc2ccc(O)c(OC)c2)c(C)n1.Cl. The van der Waals surface area contributed by atoms with Crippen molar-refractivity contribution in [3.8, 4) is 11.5 Å². The molecule has 0 saturated carbocycles. The number of ether oxygens (including phenoxy) is 1. The Labute approximate surface area is 131 Å². The Morgan fingerprint density at radius 2 is 2.10 bits per heavy atom. The molecule has 0 bridgehead atoms. The molecule has 0 atom stereocenters. The van der Waals surface area contributed by atoms with Crippen LogP contribution in [0.5, 0.6) is 11.5 Å². The van der Waals surface area contributed by atoms with Crippen molar-refractivity contribution in [1.82, 2.24) is 15.1 Å². The van der Waals surface area contributed by atoms with Crippen LogP contribution in [-0.2, 0) is 19.6 Å². The molecule has 0 aliphatic rings. The first kappa shape index (κ1) is 17.3. The lowest BCUT2D eigenvalue weighted by Gasteiger charge is -2.07. The van der Waals surface area contributed by atoms with Crippen molar-refractivity contribution in [2.24, 2.45) is 0 Å². The third kappa shape index (κ3) is 4.37. The summed E-state index contributed by atoms with van der Waals surface area (Å²) in [4.78, 5) is 0. The molecule has 0 unspecified atom stereocenters. The fourth-order valence-corrected chi connectivity index (χ4v) is 2.07. The van der Waals surface area contributed by atoms with Gasteiger partial charge in [0.25, 0.3) is 0 Å². The van der Waals surface area contributed by atoms with Crippen molar-refractivity contribution >= 4 is 12.4 Å². The van der Waals surface area contributed by atoms with Gasteiger partial charge in [0.2, 0.25) is 0 Å². The molecule has 1 aromatic heterocycles. The van der Waals surface area contributed by atoms with Crippen LogP contribution in [-0.4, -0.2) is 22.0 Å². The minimum absolute atomic E-state index is 0. The molecule has 2 rings (SSSR count). The van der Waals surface area contributed by atoms with Gasteiger partial charge >= 0.3 is 0 Å².